The van der Waals surface area contributed by atoms with E-state index in [2.05, 4.69) is 15.9 Å². The van der Waals surface area contributed by atoms with Crippen LogP contribution in [-0.4, -0.2) is 5.78 Å². The maximum absolute atomic E-state index is 12.6. The van der Waals surface area contributed by atoms with E-state index in [0.717, 1.165) is 12.1 Å². The minimum absolute atomic E-state index is 0.0480. The fourth-order valence-corrected chi connectivity index (χ4v) is 2.42. The molecule has 0 atom stereocenters. The molecule has 0 fully saturated rings. The van der Waals surface area contributed by atoms with Crippen LogP contribution in [0.15, 0.2) is 46.9 Å². The Labute approximate surface area is 133 Å². The molecule has 2 aromatic rings. The fourth-order valence-electron chi connectivity index (χ4n) is 1.90. The Balaban J connectivity index is 2.24. The van der Waals surface area contributed by atoms with Crippen molar-refractivity contribution in [3.63, 3.8) is 0 Å². The van der Waals surface area contributed by atoms with Gasteiger partial charge in [-0.2, -0.15) is 18.4 Å². The highest BCUT2D eigenvalue weighted by molar-refractivity contribution is 9.10. The number of hydrogen-bond donors (Lipinski definition) is 0. The van der Waals surface area contributed by atoms with Gasteiger partial charge in [-0.15, -0.1) is 0 Å². The number of benzene rings is 2. The number of hydrogen-bond acceptors (Lipinski definition) is 2. The molecule has 112 valence electrons. The number of carbonyl (C=O) groups is 1. The third-order valence-electron chi connectivity index (χ3n) is 3.05. The van der Waals surface area contributed by atoms with Crippen LogP contribution in [0.4, 0.5) is 13.2 Å². The zero-order valence-electron chi connectivity index (χ0n) is 11.1. The summed E-state index contributed by atoms with van der Waals surface area (Å²) in [5, 5.41) is 8.81. The van der Waals surface area contributed by atoms with Gasteiger partial charge in [0.2, 0.25) is 0 Å². The second-order valence-corrected chi connectivity index (χ2v) is 5.45. The monoisotopic (exact) mass is 367 g/mol. The van der Waals surface area contributed by atoms with Crippen molar-refractivity contribution in [2.45, 2.75) is 12.6 Å². The summed E-state index contributed by atoms with van der Waals surface area (Å²) in [6.45, 7) is 0. The molecule has 0 N–H and O–H groups in total. The van der Waals surface area contributed by atoms with E-state index in [1.54, 1.807) is 18.2 Å². The molecule has 0 aliphatic rings. The Bertz CT molecular complexity index is 763. The van der Waals surface area contributed by atoms with Crippen LogP contribution in [0.5, 0.6) is 0 Å². The quantitative estimate of drug-likeness (QED) is 0.733. The van der Waals surface area contributed by atoms with Gasteiger partial charge in [0.15, 0.2) is 5.78 Å². The second-order valence-electron chi connectivity index (χ2n) is 4.60. The lowest BCUT2D eigenvalue weighted by atomic mass is 10.0. The summed E-state index contributed by atoms with van der Waals surface area (Å²) < 4.78 is 38.0. The van der Waals surface area contributed by atoms with Crippen LogP contribution in [0.3, 0.4) is 0 Å². The first-order valence-electron chi connectivity index (χ1n) is 6.20. The molecule has 0 aliphatic carbocycles. The zero-order valence-corrected chi connectivity index (χ0v) is 12.7. The first-order chi connectivity index (χ1) is 10.3. The van der Waals surface area contributed by atoms with Crippen molar-refractivity contribution in [1.29, 1.82) is 5.26 Å². The van der Waals surface area contributed by atoms with Gasteiger partial charge in [-0.1, -0.05) is 34.1 Å². The van der Waals surface area contributed by atoms with Crippen LogP contribution in [0.1, 0.15) is 27.0 Å². The topological polar surface area (TPSA) is 40.9 Å². The van der Waals surface area contributed by atoms with E-state index in [1.165, 1.54) is 12.1 Å². The molecule has 0 saturated heterocycles. The number of carbonyl (C=O) groups excluding carboxylic acids is 1. The summed E-state index contributed by atoms with van der Waals surface area (Å²) in [7, 11) is 0. The SMILES string of the molecule is N#Cc1cccc(C(=O)Cc2ccc(C(F)(F)F)cc2Br)c1. The van der Waals surface area contributed by atoms with Gasteiger partial charge in [-0.05, 0) is 29.8 Å². The minimum Gasteiger partial charge on any atom is -0.294 e. The summed E-state index contributed by atoms with van der Waals surface area (Å²) in [6, 6.07) is 11.3. The molecule has 0 bridgehead atoms. The first kappa shape index (κ1) is 16.2. The number of rotatable bonds is 3. The predicted molar refractivity (Wildman–Crippen MR) is 78.3 cm³/mol. The van der Waals surface area contributed by atoms with Gasteiger partial charge < -0.3 is 0 Å². The van der Waals surface area contributed by atoms with Gasteiger partial charge in [0.05, 0.1) is 17.2 Å². The van der Waals surface area contributed by atoms with Crippen molar-refractivity contribution in [3.05, 3.63) is 69.2 Å². The van der Waals surface area contributed by atoms with Crippen molar-refractivity contribution in [2.75, 3.05) is 0 Å². The van der Waals surface area contributed by atoms with Gasteiger partial charge in [0.1, 0.15) is 0 Å². The average Bonchev–Trinajstić information content (AvgIpc) is 2.48. The smallest absolute Gasteiger partial charge is 0.294 e. The number of halogens is 4. The number of Topliss-reactive ketones (excluding diaryl/α,β-unsaturated/α-hetero) is 1. The highest BCUT2D eigenvalue weighted by Crippen LogP contribution is 2.32. The van der Waals surface area contributed by atoms with Gasteiger partial charge in [-0.25, -0.2) is 0 Å². The Morgan fingerprint density at radius 1 is 1.18 bits per heavy atom. The van der Waals surface area contributed by atoms with Crippen molar-refractivity contribution in [2.24, 2.45) is 0 Å². The fraction of sp³-hybridized carbons (Fsp3) is 0.125. The Hall–Kier alpha value is -2.13. The van der Waals surface area contributed by atoms with Gasteiger partial charge in [-0.3, -0.25) is 4.79 Å². The lowest BCUT2D eigenvalue weighted by Gasteiger charge is -2.10. The van der Waals surface area contributed by atoms with Crippen molar-refractivity contribution in [3.8, 4) is 6.07 Å². The molecule has 0 aliphatic heterocycles. The van der Waals surface area contributed by atoms with E-state index in [1.807, 2.05) is 6.07 Å². The molecule has 2 nitrogen and oxygen atoms in total. The van der Waals surface area contributed by atoms with Crippen LogP contribution in [-0.2, 0) is 12.6 Å². The van der Waals surface area contributed by atoms with Crippen molar-refractivity contribution >= 4 is 21.7 Å². The molecule has 2 aromatic carbocycles. The number of nitriles is 1. The molecule has 0 radical (unpaired) electrons. The van der Waals surface area contributed by atoms with Gasteiger partial charge in [0, 0.05) is 16.5 Å². The molecule has 2 rings (SSSR count). The summed E-state index contributed by atoms with van der Waals surface area (Å²) in [5.74, 6) is -0.266. The number of nitrogens with zero attached hydrogens (tertiary/aromatic N) is 1. The molecule has 0 heterocycles. The predicted octanol–water partition coefficient (Wildman–Crippen LogP) is 4.76. The molecule has 6 heteroatoms. The maximum Gasteiger partial charge on any atom is 0.416 e. The molecule has 0 spiro atoms. The highest BCUT2D eigenvalue weighted by Gasteiger charge is 2.30. The van der Waals surface area contributed by atoms with Crippen molar-refractivity contribution < 1.29 is 18.0 Å². The summed E-state index contributed by atoms with van der Waals surface area (Å²) in [6.07, 6.45) is -4.47. The van der Waals surface area contributed by atoms with Crippen LogP contribution in [0, 0.1) is 11.3 Å². The standard InChI is InChI=1S/C16H9BrF3NO/c17-14-8-13(16(18,19)20)5-4-11(14)7-15(22)12-3-1-2-10(6-12)9-21/h1-6,8H,7H2. The number of ketones is 1. The first-order valence-corrected chi connectivity index (χ1v) is 6.99. The van der Waals surface area contributed by atoms with Crippen LogP contribution < -0.4 is 0 Å². The molecular formula is C16H9BrF3NO. The van der Waals surface area contributed by atoms with Gasteiger partial charge >= 0.3 is 6.18 Å². The summed E-state index contributed by atoms with van der Waals surface area (Å²) in [4.78, 5) is 12.2. The maximum atomic E-state index is 12.6. The normalized spacial score (nSPS) is 11.0. The third kappa shape index (κ3) is 3.74. The minimum atomic E-state index is -4.42. The van der Waals surface area contributed by atoms with Crippen LogP contribution in [0.25, 0.3) is 0 Å². The van der Waals surface area contributed by atoms with E-state index in [0.29, 0.717) is 16.7 Å². The Morgan fingerprint density at radius 3 is 2.50 bits per heavy atom. The summed E-state index contributed by atoms with van der Waals surface area (Å²) >= 11 is 3.06. The molecule has 0 aromatic heterocycles. The van der Waals surface area contributed by atoms with E-state index >= 15 is 0 Å². The Kier molecular flexibility index (Phi) is 4.67. The lowest BCUT2D eigenvalue weighted by Crippen LogP contribution is -2.08. The average molecular weight is 368 g/mol. The van der Waals surface area contributed by atoms with Crippen LogP contribution >= 0.6 is 15.9 Å². The van der Waals surface area contributed by atoms with Crippen LogP contribution in [0.2, 0.25) is 0 Å². The summed E-state index contributed by atoms with van der Waals surface area (Å²) in [5.41, 5.74) is 0.394. The molecule has 0 saturated carbocycles. The van der Waals surface area contributed by atoms with E-state index in [4.69, 9.17) is 5.26 Å². The Morgan fingerprint density at radius 2 is 1.91 bits per heavy atom. The molecule has 0 amide bonds. The van der Waals surface area contributed by atoms with Gasteiger partial charge in [0.25, 0.3) is 0 Å². The van der Waals surface area contributed by atoms with Crippen molar-refractivity contribution in [1.82, 2.24) is 0 Å². The molecule has 22 heavy (non-hydrogen) atoms. The third-order valence-corrected chi connectivity index (χ3v) is 3.78. The molecular weight excluding hydrogens is 359 g/mol. The lowest BCUT2D eigenvalue weighted by molar-refractivity contribution is -0.137. The van der Waals surface area contributed by atoms with E-state index in [-0.39, 0.29) is 16.7 Å². The largest absolute Gasteiger partial charge is 0.416 e. The van der Waals surface area contributed by atoms with E-state index in [9.17, 15) is 18.0 Å². The highest BCUT2D eigenvalue weighted by atomic mass is 79.9. The number of alkyl halides is 3. The molecule has 0 unspecified atom stereocenters. The second kappa shape index (κ2) is 6.32. The zero-order chi connectivity index (χ0) is 16.3. The van der Waals surface area contributed by atoms with E-state index < -0.39 is 11.7 Å².